The number of aliphatic hydroxyl groups is 2. The van der Waals surface area contributed by atoms with Crippen LogP contribution in [-0.2, 0) is 13.1 Å². The lowest BCUT2D eigenvalue weighted by molar-refractivity contribution is 0.203. The number of ether oxygens (including phenoxy) is 4. The molecule has 2 aromatic carbocycles. The standard InChI is InChI=1S/C30H42N8O6/c1-17(39)13-33-29-35-25-26(27(37-29)31-15-19-7-9-21(41-3)23(11-19)43-5)36-30(34-14-18(2)40)38-28(25)32-16-20-8-10-22(42-4)24(12-20)44-6/h7-12,17-18,25-26,39-40H,13-16H2,1-6H3,(H2,31,33,35,37)(H2,32,34,36,38). The minimum absolute atomic E-state index is 0.190. The van der Waals surface area contributed by atoms with Crippen molar-refractivity contribution in [3.8, 4) is 23.0 Å². The minimum Gasteiger partial charge on any atom is -0.493 e. The van der Waals surface area contributed by atoms with Gasteiger partial charge in [0.25, 0.3) is 0 Å². The van der Waals surface area contributed by atoms with E-state index in [2.05, 4.69) is 31.3 Å². The summed E-state index contributed by atoms with van der Waals surface area (Å²) in [5, 5.41) is 33.1. The first-order valence-corrected chi connectivity index (χ1v) is 14.3. The number of aliphatic imine (C=N–C) groups is 4. The maximum Gasteiger partial charge on any atom is 0.197 e. The summed E-state index contributed by atoms with van der Waals surface area (Å²) in [7, 11) is 6.37. The van der Waals surface area contributed by atoms with Crippen molar-refractivity contribution in [3.63, 3.8) is 0 Å². The molecule has 0 aromatic heterocycles. The fraction of sp³-hybridized carbons (Fsp3) is 0.467. The monoisotopic (exact) mass is 610 g/mol. The van der Waals surface area contributed by atoms with E-state index in [4.69, 9.17) is 28.9 Å². The summed E-state index contributed by atoms with van der Waals surface area (Å²) in [6.45, 7) is 4.40. The van der Waals surface area contributed by atoms with Crippen molar-refractivity contribution in [1.29, 1.82) is 0 Å². The molecule has 6 N–H and O–H groups in total. The quantitative estimate of drug-likeness (QED) is 0.202. The van der Waals surface area contributed by atoms with Gasteiger partial charge >= 0.3 is 0 Å². The number of fused-ring (bicyclic) bond motifs is 1. The van der Waals surface area contributed by atoms with Crippen LogP contribution in [0, 0.1) is 0 Å². The Hall–Kier alpha value is -4.56. The first-order chi connectivity index (χ1) is 21.2. The number of hydrogen-bond donors (Lipinski definition) is 6. The highest BCUT2D eigenvalue weighted by molar-refractivity contribution is 6.16. The number of amidine groups is 2. The topological polar surface area (TPSA) is 175 Å². The third-order valence-electron chi connectivity index (χ3n) is 6.79. The van der Waals surface area contributed by atoms with Crippen molar-refractivity contribution in [1.82, 2.24) is 21.3 Å². The number of nitrogens with one attached hydrogen (secondary N) is 4. The first kappa shape index (κ1) is 32.4. The second kappa shape index (κ2) is 15.3. The molecule has 14 nitrogen and oxygen atoms in total. The van der Waals surface area contributed by atoms with Gasteiger partial charge in [0.05, 0.1) is 66.8 Å². The molecule has 2 aliphatic rings. The van der Waals surface area contributed by atoms with E-state index in [1.165, 1.54) is 0 Å². The van der Waals surface area contributed by atoms with Gasteiger partial charge < -0.3 is 50.4 Å². The molecule has 2 heterocycles. The molecule has 4 unspecified atom stereocenters. The highest BCUT2D eigenvalue weighted by Gasteiger charge is 2.40. The Balaban J connectivity index is 1.70. The number of rotatable bonds is 12. The molecule has 2 aliphatic heterocycles. The Bertz CT molecular complexity index is 1300. The van der Waals surface area contributed by atoms with Gasteiger partial charge in [0.1, 0.15) is 23.8 Å². The number of aliphatic hydroxyl groups excluding tert-OH is 2. The maximum absolute atomic E-state index is 9.89. The Labute approximate surface area is 257 Å². The molecule has 2 fully saturated rings. The number of hydrogen-bond acceptors (Lipinski definition) is 10. The Morgan fingerprint density at radius 2 is 1.00 bits per heavy atom. The Morgan fingerprint density at radius 3 is 1.34 bits per heavy atom. The van der Waals surface area contributed by atoms with Crippen LogP contribution in [-0.4, -0.2) is 99.6 Å². The zero-order valence-corrected chi connectivity index (χ0v) is 25.9. The maximum atomic E-state index is 9.89. The lowest BCUT2D eigenvalue weighted by atomic mass is 10.0. The van der Waals surface area contributed by atoms with E-state index in [1.54, 1.807) is 42.3 Å². The van der Waals surface area contributed by atoms with E-state index >= 15 is 0 Å². The molecule has 4 atom stereocenters. The van der Waals surface area contributed by atoms with Gasteiger partial charge in [-0.05, 0) is 49.2 Å². The lowest BCUT2D eigenvalue weighted by Gasteiger charge is -2.41. The van der Waals surface area contributed by atoms with Gasteiger partial charge in [-0.1, -0.05) is 12.1 Å². The molecule has 4 rings (SSSR count). The molecular formula is C30H42N8O6. The highest BCUT2D eigenvalue weighted by atomic mass is 16.5. The summed E-state index contributed by atoms with van der Waals surface area (Å²) in [5.74, 6) is 4.57. The summed E-state index contributed by atoms with van der Waals surface area (Å²) in [5.41, 5.74) is 1.82. The van der Waals surface area contributed by atoms with Crippen LogP contribution in [0.3, 0.4) is 0 Å². The van der Waals surface area contributed by atoms with Gasteiger partial charge in [-0.15, -0.1) is 0 Å². The fourth-order valence-corrected chi connectivity index (χ4v) is 4.59. The van der Waals surface area contributed by atoms with Gasteiger partial charge in [0.2, 0.25) is 0 Å². The summed E-state index contributed by atoms with van der Waals surface area (Å²) < 4.78 is 21.7. The molecule has 0 spiro atoms. The van der Waals surface area contributed by atoms with Gasteiger partial charge in [-0.25, -0.2) is 0 Å². The average molecular weight is 611 g/mol. The van der Waals surface area contributed by atoms with Crippen molar-refractivity contribution in [2.75, 3.05) is 41.5 Å². The van der Waals surface area contributed by atoms with Crippen LogP contribution >= 0.6 is 0 Å². The van der Waals surface area contributed by atoms with Crippen LogP contribution in [0.4, 0.5) is 0 Å². The zero-order chi connectivity index (χ0) is 31.6. The summed E-state index contributed by atoms with van der Waals surface area (Å²) in [4.78, 5) is 18.9. The number of benzene rings is 2. The molecule has 0 amide bonds. The van der Waals surface area contributed by atoms with Crippen LogP contribution in [0.2, 0.25) is 0 Å². The Kier molecular flexibility index (Phi) is 11.2. The lowest BCUT2D eigenvalue weighted by Crippen LogP contribution is -2.75. The Morgan fingerprint density at radius 1 is 0.614 bits per heavy atom. The van der Waals surface area contributed by atoms with Gasteiger partial charge in [-0.2, -0.15) is 0 Å². The highest BCUT2D eigenvalue weighted by Crippen LogP contribution is 2.29. The summed E-state index contributed by atoms with van der Waals surface area (Å²) in [6, 6.07) is 10.5. The van der Waals surface area contributed by atoms with Gasteiger partial charge in [0.15, 0.2) is 34.9 Å². The van der Waals surface area contributed by atoms with Crippen molar-refractivity contribution >= 4 is 23.6 Å². The smallest absolute Gasteiger partial charge is 0.197 e. The van der Waals surface area contributed by atoms with E-state index in [1.807, 2.05) is 36.4 Å². The van der Waals surface area contributed by atoms with Crippen LogP contribution in [0.15, 0.2) is 56.4 Å². The normalized spacial score (nSPS) is 22.7. The van der Waals surface area contributed by atoms with Gasteiger partial charge in [0, 0.05) is 0 Å². The van der Waals surface area contributed by atoms with Crippen LogP contribution in [0.5, 0.6) is 23.0 Å². The predicted octanol–water partition coefficient (Wildman–Crippen LogP) is 0.815. The number of guanidine groups is 2. The molecular weight excluding hydrogens is 568 g/mol. The molecule has 0 saturated carbocycles. The molecule has 2 aromatic rings. The number of methoxy groups -OCH3 is 4. The molecule has 0 radical (unpaired) electrons. The predicted molar refractivity (Wildman–Crippen MR) is 169 cm³/mol. The van der Waals surface area contributed by atoms with Crippen LogP contribution in [0.1, 0.15) is 25.0 Å². The molecule has 238 valence electrons. The summed E-state index contributed by atoms with van der Waals surface area (Å²) >= 11 is 0. The van der Waals surface area contributed by atoms with E-state index in [9.17, 15) is 10.2 Å². The van der Waals surface area contributed by atoms with Crippen molar-refractivity contribution in [2.45, 2.75) is 51.2 Å². The molecule has 2 saturated heterocycles. The molecule has 0 bridgehead atoms. The SMILES string of the molecule is COc1ccc(CN=C2NC(=NCC(C)O)NC3C(=NCc4ccc(OC)c(OC)c4)NC(=NCC(C)O)NC23)cc1OC. The number of nitrogens with zero attached hydrogens (tertiary/aromatic N) is 4. The molecule has 14 heteroatoms. The van der Waals surface area contributed by atoms with Crippen molar-refractivity contribution in [2.24, 2.45) is 20.0 Å². The fourth-order valence-electron chi connectivity index (χ4n) is 4.59. The summed E-state index contributed by atoms with van der Waals surface area (Å²) in [6.07, 6.45) is -1.26. The third-order valence-corrected chi connectivity index (χ3v) is 6.79. The molecule has 44 heavy (non-hydrogen) atoms. The van der Waals surface area contributed by atoms with Crippen molar-refractivity contribution < 1.29 is 29.2 Å². The van der Waals surface area contributed by atoms with E-state index in [0.717, 1.165) is 11.1 Å². The second-order valence-corrected chi connectivity index (χ2v) is 10.4. The largest absolute Gasteiger partial charge is 0.493 e. The molecule has 0 aliphatic carbocycles. The van der Waals surface area contributed by atoms with E-state index < -0.39 is 24.3 Å². The average Bonchev–Trinajstić information content (AvgIpc) is 3.03. The van der Waals surface area contributed by atoms with E-state index in [-0.39, 0.29) is 13.1 Å². The van der Waals surface area contributed by atoms with E-state index in [0.29, 0.717) is 59.7 Å². The second-order valence-electron chi connectivity index (χ2n) is 10.4. The first-order valence-electron chi connectivity index (χ1n) is 14.3. The third kappa shape index (κ3) is 8.29. The minimum atomic E-state index is -0.629. The van der Waals surface area contributed by atoms with Gasteiger partial charge in [-0.3, -0.25) is 20.0 Å². The van der Waals surface area contributed by atoms with Crippen molar-refractivity contribution in [3.05, 3.63) is 47.5 Å². The van der Waals surface area contributed by atoms with Crippen LogP contribution in [0.25, 0.3) is 0 Å². The zero-order valence-electron chi connectivity index (χ0n) is 25.9. The van der Waals surface area contributed by atoms with Crippen LogP contribution < -0.4 is 40.2 Å².